The monoisotopic (exact) mass is 234 g/mol. The molecule has 1 aromatic rings. The van der Waals surface area contributed by atoms with E-state index in [1.165, 1.54) is 17.0 Å². The highest BCUT2D eigenvalue weighted by atomic mass is 19.1. The third-order valence-corrected chi connectivity index (χ3v) is 2.72. The second kappa shape index (κ2) is 5.44. The Morgan fingerprint density at radius 2 is 2.24 bits per heavy atom. The average Bonchev–Trinajstić information content (AvgIpc) is 2.30. The Morgan fingerprint density at radius 1 is 1.59 bits per heavy atom. The number of carbonyl (C=O) groups excluding carboxylic acids is 1. The van der Waals surface area contributed by atoms with E-state index >= 15 is 0 Å². The van der Waals surface area contributed by atoms with Crippen LogP contribution in [0, 0.1) is 24.1 Å². The number of aryl methyl sites for hydroxylation is 1. The Balaban J connectivity index is 2.96. The molecular formula is C13H15FN2O. The van der Waals surface area contributed by atoms with Crippen LogP contribution in [-0.4, -0.2) is 23.9 Å². The predicted octanol–water partition coefficient (Wildman–Crippen LogP) is 2.51. The molecule has 0 aromatic heterocycles. The van der Waals surface area contributed by atoms with E-state index in [2.05, 4.69) is 0 Å². The van der Waals surface area contributed by atoms with Crippen molar-refractivity contribution in [3.63, 3.8) is 0 Å². The van der Waals surface area contributed by atoms with Crippen LogP contribution in [0.25, 0.3) is 0 Å². The summed E-state index contributed by atoms with van der Waals surface area (Å²) in [6.45, 7) is 3.56. The quantitative estimate of drug-likeness (QED) is 0.806. The first-order valence-electron chi connectivity index (χ1n) is 5.37. The molecule has 0 saturated carbocycles. The Hall–Kier alpha value is -1.89. The van der Waals surface area contributed by atoms with Gasteiger partial charge in [0.05, 0.1) is 18.1 Å². The lowest BCUT2D eigenvalue weighted by Gasteiger charge is -2.23. The topological polar surface area (TPSA) is 44.1 Å². The Kier molecular flexibility index (Phi) is 4.22. The van der Waals surface area contributed by atoms with Gasteiger partial charge in [-0.3, -0.25) is 4.79 Å². The zero-order valence-electron chi connectivity index (χ0n) is 10.2. The van der Waals surface area contributed by atoms with Gasteiger partial charge in [0, 0.05) is 13.1 Å². The van der Waals surface area contributed by atoms with Gasteiger partial charge in [-0.2, -0.15) is 5.26 Å². The summed E-state index contributed by atoms with van der Waals surface area (Å²) < 4.78 is 13.5. The summed E-state index contributed by atoms with van der Waals surface area (Å²) in [5, 5.41) is 8.57. The van der Waals surface area contributed by atoms with Crippen molar-refractivity contribution in [1.82, 2.24) is 4.90 Å². The van der Waals surface area contributed by atoms with Gasteiger partial charge < -0.3 is 4.90 Å². The highest BCUT2D eigenvalue weighted by molar-refractivity contribution is 5.94. The number of amides is 1. The standard InChI is InChI=1S/C13H15FN2O/c1-9-4-5-12(14)11(8-9)13(17)16(3)10(2)6-7-15/h4-5,8,10H,6H2,1-3H3. The van der Waals surface area contributed by atoms with Crippen molar-refractivity contribution in [2.45, 2.75) is 26.3 Å². The van der Waals surface area contributed by atoms with Gasteiger partial charge in [-0.15, -0.1) is 0 Å². The van der Waals surface area contributed by atoms with Crippen LogP contribution < -0.4 is 0 Å². The van der Waals surface area contributed by atoms with Gasteiger partial charge >= 0.3 is 0 Å². The van der Waals surface area contributed by atoms with E-state index in [-0.39, 0.29) is 18.0 Å². The number of halogens is 1. The van der Waals surface area contributed by atoms with Crippen LogP contribution >= 0.6 is 0 Å². The second-order valence-corrected chi connectivity index (χ2v) is 4.11. The summed E-state index contributed by atoms with van der Waals surface area (Å²) >= 11 is 0. The molecule has 1 atom stereocenters. The molecule has 0 aliphatic carbocycles. The zero-order chi connectivity index (χ0) is 13.0. The van der Waals surface area contributed by atoms with Crippen molar-refractivity contribution < 1.29 is 9.18 Å². The number of nitriles is 1. The lowest BCUT2D eigenvalue weighted by Crippen LogP contribution is -2.35. The Bertz CT molecular complexity index is 465. The molecule has 0 aliphatic heterocycles. The molecule has 90 valence electrons. The minimum atomic E-state index is -0.531. The van der Waals surface area contributed by atoms with Crippen molar-refractivity contribution >= 4 is 5.91 Å². The van der Waals surface area contributed by atoms with Crippen LogP contribution in [0.4, 0.5) is 4.39 Å². The molecule has 0 spiro atoms. The zero-order valence-corrected chi connectivity index (χ0v) is 10.2. The van der Waals surface area contributed by atoms with Crippen LogP contribution in [0.3, 0.4) is 0 Å². The first-order chi connectivity index (χ1) is 7.97. The molecular weight excluding hydrogens is 219 g/mol. The van der Waals surface area contributed by atoms with Crippen molar-refractivity contribution in [1.29, 1.82) is 5.26 Å². The molecule has 4 heteroatoms. The van der Waals surface area contributed by atoms with Gasteiger partial charge in [-0.25, -0.2) is 4.39 Å². The van der Waals surface area contributed by atoms with Crippen molar-refractivity contribution in [2.24, 2.45) is 0 Å². The Morgan fingerprint density at radius 3 is 2.82 bits per heavy atom. The minimum absolute atomic E-state index is 0.0530. The van der Waals surface area contributed by atoms with Gasteiger partial charge in [0.1, 0.15) is 5.82 Å². The summed E-state index contributed by atoms with van der Waals surface area (Å²) in [4.78, 5) is 13.4. The maximum atomic E-state index is 13.5. The summed E-state index contributed by atoms with van der Waals surface area (Å²) in [5.74, 6) is -0.925. The molecule has 1 rings (SSSR count). The van der Waals surface area contributed by atoms with Crippen LogP contribution in [0.2, 0.25) is 0 Å². The van der Waals surface area contributed by atoms with Crippen LogP contribution in [0.5, 0.6) is 0 Å². The van der Waals surface area contributed by atoms with Gasteiger partial charge in [-0.05, 0) is 26.0 Å². The lowest BCUT2D eigenvalue weighted by atomic mass is 10.1. The largest absolute Gasteiger partial charge is 0.338 e. The molecule has 17 heavy (non-hydrogen) atoms. The molecule has 1 amide bonds. The van der Waals surface area contributed by atoms with Crippen LogP contribution in [0.1, 0.15) is 29.3 Å². The molecule has 0 N–H and O–H groups in total. The van der Waals surface area contributed by atoms with E-state index in [4.69, 9.17) is 5.26 Å². The summed E-state index contributed by atoms with van der Waals surface area (Å²) in [7, 11) is 1.58. The van der Waals surface area contributed by atoms with Gasteiger partial charge in [0.25, 0.3) is 5.91 Å². The fourth-order valence-electron chi connectivity index (χ4n) is 1.46. The molecule has 0 fully saturated rings. The third-order valence-electron chi connectivity index (χ3n) is 2.72. The molecule has 0 heterocycles. The van der Waals surface area contributed by atoms with Crippen molar-refractivity contribution in [3.8, 4) is 6.07 Å². The molecule has 1 unspecified atom stereocenters. The van der Waals surface area contributed by atoms with E-state index in [0.717, 1.165) is 5.56 Å². The van der Waals surface area contributed by atoms with E-state index in [9.17, 15) is 9.18 Å². The van der Waals surface area contributed by atoms with Crippen LogP contribution in [0.15, 0.2) is 18.2 Å². The van der Waals surface area contributed by atoms with Crippen molar-refractivity contribution in [2.75, 3.05) is 7.05 Å². The molecule has 3 nitrogen and oxygen atoms in total. The molecule has 0 saturated heterocycles. The lowest BCUT2D eigenvalue weighted by molar-refractivity contribution is 0.0741. The summed E-state index contributed by atoms with van der Waals surface area (Å²) in [6, 6.07) is 6.18. The fraction of sp³-hybridized carbons (Fsp3) is 0.385. The maximum Gasteiger partial charge on any atom is 0.256 e. The molecule has 0 bridgehead atoms. The van der Waals surface area contributed by atoms with E-state index in [1.807, 2.05) is 6.07 Å². The SMILES string of the molecule is Cc1ccc(F)c(C(=O)N(C)C(C)CC#N)c1. The summed E-state index contributed by atoms with van der Waals surface area (Å²) in [5.41, 5.74) is 0.883. The Labute approximate surface area is 100 Å². The van der Waals surface area contributed by atoms with Crippen molar-refractivity contribution in [3.05, 3.63) is 35.1 Å². The van der Waals surface area contributed by atoms with Gasteiger partial charge in [0.2, 0.25) is 0 Å². The predicted molar refractivity (Wildman–Crippen MR) is 62.9 cm³/mol. The normalized spacial score (nSPS) is 11.7. The fourth-order valence-corrected chi connectivity index (χ4v) is 1.46. The molecule has 1 aromatic carbocycles. The van der Waals surface area contributed by atoms with E-state index in [1.54, 1.807) is 27.0 Å². The third kappa shape index (κ3) is 3.04. The highest BCUT2D eigenvalue weighted by Gasteiger charge is 2.20. The van der Waals surface area contributed by atoms with Gasteiger partial charge in [0.15, 0.2) is 0 Å². The first kappa shape index (κ1) is 13.2. The van der Waals surface area contributed by atoms with Crippen LogP contribution in [-0.2, 0) is 0 Å². The molecule has 0 radical (unpaired) electrons. The van der Waals surface area contributed by atoms with E-state index in [0.29, 0.717) is 0 Å². The van der Waals surface area contributed by atoms with Gasteiger partial charge in [-0.1, -0.05) is 11.6 Å². The maximum absolute atomic E-state index is 13.5. The number of benzene rings is 1. The smallest absolute Gasteiger partial charge is 0.256 e. The minimum Gasteiger partial charge on any atom is -0.338 e. The number of hydrogen-bond donors (Lipinski definition) is 0. The average molecular weight is 234 g/mol. The second-order valence-electron chi connectivity index (χ2n) is 4.11. The number of rotatable bonds is 3. The molecule has 0 aliphatic rings. The number of carbonyl (C=O) groups is 1. The number of hydrogen-bond acceptors (Lipinski definition) is 2. The first-order valence-corrected chi connectivity index (χ1v) is 5.37. The van der Waals surface area contributed by atoms with E-state index < -0.39 is 11.7 Å². The summed E-state index contributed by atoms with van der Waals surface area (Å²) in [6.07, 6.45) is 0.232. The highest BCUT2D eigenvalue weighted by Crippen LogP contribution is 2.14. The number of nitrogens with zero attached hydrogens (tertiary/aromatic N) is 2.